The van der Waals surface area contributed by atoms with E-state index in [0.29, 0.717) is 17.4 Å². The number of unbranched alkanes of at least 4 members (excludes halogenated alkanes) is 31. The zero-order valence-electron chi connectivity index (χ0n) is 46.7. The number of phosphoric acid groups is 1. The van der Waals surface area contributed by atoms with Crippen molar-refractivity contribution in [2.24, 2.45) is 0 Å². The number of esters is 1. The molecule has 9 nitrogen and oxygen atoms in total. The van der Waals surface area contributed by atoms with Gasteiger partial charge in [-0.15, -0.1) is 0 Å². The van der Waals surface area contributed by atoms with Gasteiger partial charge in [-0.1, -0.05) is 224 Å². The van der Waals surface area contributed by atoms with Gasteiger partial charge in [-0.3, -0.25) is 14.2 Å². The first-order valence-corrected chi connectivity index (χ1v) is 30.9. The highest BCUT2D eigenvalue weighted by atomic mass is 31.2. The minimum atomic E-state index is -4.70. The van der Waals surface area contributed by atoms with Crippen molar-refractivity contribution in [1.29, 1.82) is 0 Å². The van der Waals surface area contributed by atoms with Crippen LogP contribution in [0.4, 0.5) is 0 Å². The maximum Gasteiger partial charge on any atom is 0.306 e. The first kappa shape index (κ1) is 68.0. The first-order valence-electron chi connectivity index (χ1n) is 29.4. The van der Waals surface area contributed by atoms with Crippen LogP contribution in [-0.2, 0) is 27.9 Å². The Kier molecular flexibility index (Phi) is 49.0. The van der Waals surface area contributed by atoms with Crippen molar-refractivity contribution in [3.63, 3.8) is 0 Å². The molecule has 3 atom stereocenters. The van der Waals surface area contributed by atoms with Crippen LogP contribution in [0.25, 0.3) is 0 Å². The van der Waals surface area contributed by atoms with E-state index in [-0.39, 0.29) is 24.9 Å². The molecule has 0 fully saturated rings. The number of likely N-dealkylation sites (N-methyl/N-ethyl adjacent to an activating group) is 1. The van der Waals surface area contributed by atoms with Crippen LogP contribution in [0.5, 0.6) is 0 Å². The summed E-state index contributed by atoms with van der Waals surface area (Å²) in [5.41, 5.74) is 0. The molecule has 0 aromatic heterocycles. The van der Waals surface area contributed by atoms with Gasteiger partial charge < -0.3 is 28.5 Å². The van der Waals surface area contributed by atoms with Gasteiger partial charge >= 0.3 is 5.97 Å². The Hall–Kier alpha value is -2.03. The fourth-order valence-corrected chi connectivity index (χ4v) is 9.16. The first-order chi connectivity index (χ1) is 33.9. The van der Waals surface area contributed by atoms with Gasteiger partial charge in [0.15, 0.2) is 0 Å². The molecule has 10 heteroatoms. The summed E-state index contributed by atoms with van der Waals surface area (Å²) in [6.45, 7) is 6.74. The van der Waals surface area contributed by atoms with E-state index in [2.05, 4.69) is 62.5 Å². The second-order valence-electron chi connectivity index (χ2n) is 21.1. The molecule has 0 aliphatic carbocycles. The number of carbonyl (C=O) groups is 2. The lowest BCUT2D eigenvalue weighted by Crippen LogP contribution is -2.47. The van der Waals surface area contributed by atoms with Crippen molar-refractivity contribution < 1.29 is 37.3 Å². The normalized spacial score (nSPS) is 14.1. The van der Waals surface area contributed by atoms with E-state index in [1.807, 2.05) is 33.3 Å². The minimum Gasteiger partial charge on any atom is -0.756 e. The van der Waals surface area contributed by atoms with Gasteiger partial charge in [-0.2, -0.15) is 0 Å². The van der Waals surface area contributed by atoms with E-state index < -0.39 is 26.6 Å². The van der Waals surface area contributed by atoms with Crippen LogP contribution < -0.4 is 10.2 Å². The molecule has 0 radical (unpaired) electrons. The SMILES string of the molecule is CC/C=C/C/C=C/CCCCCCCCCC(=O)NC(COP(=O)([O-])OCC[N+](C)(C)C)C(/C=C/CCCCCCCCCCCCC)OC(=O)CCCCCCCCC/C=C/CCCCCCCC. The molecule has 0 rings (SSSR count). The number of rotatable bonds is 53. The second kappa shape index (κ2) is 50.5. The van der Waals surface area contributed by atoms with Gasteiger partial charge in [0.25, 0.3) is 7.82 Å². The lowest BCUT2D eigenvalue weighted by molar-refractivity contribution is -0.870. The standard InChI is InChI=1S/C60H113N2O7P/c1-7-10-13-16-19-22-25-28-30-31-32-35-38-41-44-47-50-53-60(64)69-58(51-48-45-42-39-36-33-27-24-21-18-15-12-9-3)57(56-68-70(65,66)67-55-54-62(4,5)6)61-59(63)52-49-46-43-40-37-34-29-26-23-20-17-14-11-8-2/h11,14,20,23,28,30,48,51,57-58H,7-10,12-13,15-19,21-22,24-27,29,31-47,49-50,52-56H2,1-6H3,(H-,61,63,65,66)/b14-11+,23-20+,30-28+,51-48+. The Morgan fingerprint density at radius 2 is 0.914 bits per heavy atom. The quantitative estimate of drug-likeness (QED) is 0.0212. The summed E-state index contributed by atoms with van der Waals surface area (Å²) in [4.78, 5) is 39.9. The van der Waals surface area contributed by atoms with Crippen LogP contribution in [0.15, 0.2) is 48.6 Å². The fourth-order valence-electron chi connectivity index (χ4n) is 8.44. The summed E-state index contributed by atoms with van der Waals surface area (Å²) in [5, 5.41) is 3.02. The maximum absolute atomic E-state index is 13.5. The summed E-state index contributed by atoms with van der Waals surface area (Å²) in [6.07, 6.45) is 60.7. The lowest BCUT2D eigenvalue weighted by Gasteiger charge is -2.30. The van der Waals surface area contributed by atoms with Crippen molar-refractivity contribution >= 4 is 19.7 Å². The third-order valence-electron chi connectivity index (χ3n) is 13.0. The molecule has 0 aromatic carbocycles. The van der Waals surface area contributed by atoms with Crippen LogP contribution in [0, 0.1) is 0 Å². The van der Waals surface area contributed by atoms with Gasteiger partial charge in [-0.05, 0) is 83.1 Å². The van der Waals surface area contributed by atoms with Gasteiger partial charge in [-0.25, -0.2) is 0 Å². The Labute approximate surface area is 433 Å². The Morgan fingerprint density at radius 3 is 1.37 bits per heavy atom. The zero-order valence-corrected chi connectivity index (χ0v) is 47.6. The molecular weight excluding hydrogens is 892 g/mol. The molecular formula is C60H113N2O7P. The highest BCUT2D eigenvalue weighted by molar-refractivity contribution is 7.45. The average Bonchev–Trinajstić information content (AvgIpc) is 3.32. The van der Waals surface area contributed by atoms with Crippen molar-refractivity contribution in [2.75, 3.05) is 40.9 Å². The Bertz CT molecular complexity index is 1340. The topological polar surface area (TPSA) is 114 Å². The molecule has 3 unspecified atom stereocenters. The molecule has 0 saturated heterocycles. The van der Waals surface area contributed by atoms with E-state index in [1.54, 1.807) is 0 Å². The predicted octanol–water partition coefficient (Wildman–Crippen LogP) is 17.1. The predicted molar refractivity (Wildman–Crippen MR) is 298 cm³/mol. The molecule has 0 saturated carbocycles. The largest absolute Gasteiger partial charge is 0.756 e. The summed E-state index contributed by atoms with van der Waals surface area (Å²) in [5.74, 6) is -0.550. The van der Waals surface area contributed by atoms with Crippen LogP contribution in [0.3, 0.4) is 0 Å². The van der Waals surface area contributed by atoms with Crippen LogP contribution in [-0.4, -0.2) is 69.4 Å². The van der Waals surface area contributed by atoms with Crippen LogP contribution >= 0.6 is 7.82 Å². The third kappa shape index (κ3) is 50.9. The average molecular weight is 1010 g/mol. The molecule has 410 valence electrons. The number of carbonyl (C=O) groups excluding carboxylic acids is 2. The van der Waals surface area contributed by atoms with E-state index >= 15 is 0 Å². The minimum absolute atomic E-state index is 0.0245. The van der Waals surface area contributed by atoms with Crippen molar-refractivity contribution in [3.05, 3.63) is 48.6 Å². The smallest absolute Gasteiger partial charge is 0.306 e. The summed E-state index contributed by atoms with van der Waals surface area (Å²) < 4.78 is 30.3. The number of amides is 1. The van der Waals surface area contributed by atoms with E-state index in [0.717, 1.165) is 96.3 Å². The number of allylic oxidation sites excluding steroid dienone is 7. The molecule has 0 spiro atoms. The zero-order chi connectivity index (χ0) is 51.5. The van der Waals surface area contributed by atoms with E-state index in [9.17, 15) is 19.0 Å². The number of ether oxygens (including phenoxy) is 1. The van der Waals surface area contributed by atoms with Gasteiger partial charge in [0.05, 0.1) is 33.8 Å². The van der Waals surface area contributed by atoms with Crippen LogP contribution in [0.1, 0.15) is 271 Å². The number of nitrogens with one attached hydrogen (secondary N) is 1. The molecule has 0 aliphatic rings. The monoisotopic (exact) mass is 1000 g/mol. The van der Waals surface area contributed by atoms with Gasteiger partial charge in [0, 0.05) is 12.8 Å². The van der Waals surface area contributed by atoms with Crippen molar-refractivity contribution in [2.45, 2.75) is 283 Å². The Balaban J connectivity index is 5.35. The highest BCUT2D eigenvalue weighted by Crippen LogP contribution is 2.38. The molecule has 1 amide bonds. The molecule has 0 aromatic rings. The third-order valence-corrected chi connectivity index (χ3v) is 14.0. The summed E-state index contributed by atoms with van der Waals surface area (Å²) in [7, 11) is 1.18. The second-order valence-corrected chi connectivity index (χ2v) is 22.5. The fraction of sp³-hybridized carbons (Fsp3) is 0.833. The molecule has 0 aliphatic heterocycles. The van der Waals surface area contributed by atoms with Gasteiger partial charge in [0.1, 0.15) is 19.3 Å². The highest BCUT2D eigenvalue weighted by Gasteiger charge is 2.27. The molecule has 0 bridgehead atoms. The number of quaternary nitrogens is 1. The molecule has 0 heterocycles. The van der Waals surface area contributed by atoms with Gasteiger partial charge in [0.2, 0.25) is 5.91 Å². The van der Waals surface area contributed by atoms with E-state index in [4.69, 9.17) is 13.8 Å². The lowest BCUT2D eigenvalue weighted by atomic mass is 10.0. The summed E-state index contributed by atoms with van der Waals surface area (Å²) >= 11 is 0. The van der Waals surface area contributed by atoms with Crippen LogP contribution in [0.2, 0.25) is 0 Å². The molecule has 70 heavy (non-hydrogen) atoms. The number of nitrogens with zero attached hydrogens (tertiary/aromatic N) is 1. The Morgan fingerprint density at radius 1 is 0.514 bits per heavy atom. The number of hydrogen-bond acceptors (Lipinski definition) is 7. The van der Waals surface area contributed by atoms with Crippen molar-refractivity contribution in [1.82, 2.24) is 5.32 Å². The summed E-state index contributed by atoms with van der Waals surface area (Å²) in [6, 6.07) is -0.892. The number of phosphoric ester groups is 1. The van der Waals surface area contributed by atoms with Crippen molar-refractivity contribution in [3.8, 4) is 0 Å². The maximum atomic E-state index is 13.5. The van der Waals surface area contributed by atoms with E-state index in [1.165, 1.54) is 141 Å². The molecule has 1 N–H and O–H groups in total. The number of hydrogen-bond donors (Lipinski definition) is 1.